The fraction of sp³-hybridized carbons (Fsp3) is 0.394. The highest BCUT2D eigenvalue weighted by atomic mass is 16.5. The number of nitrogens with zero attached hydrogens (tertiary/aromatic N) is 1. The summed E-state index contributed by atoms with van der Waals surface area (Å²) in [6, 6.07) is 27.2. The van der Waals surface area contributed by atoms with E-state index in [1.54, 1.807) is 4.90 Å². The molecule has 200 valence electrons. The van der Waals surface area contributed by atoms with E-state index in [0.29, 0.717) is 18.7 Å². The van der Waals surface area contributed by atoms with Gasteiger partial charge in [0.15, 0.2) is 6.61 Å². The molecule has 0 spiro atoms. The third kappa shape index (κ3) is 7.70. The summed E-state index contributed by atoms with van der Waals surface area (Å²) in [5, 5.41) is 3.28. The number of rotatable bonds is 11. The third-order valence-corrected chi connectivity index (χ3v) is 7.31. The second-order valence-corrected chi connectivity index (χ2v) is 10.5. The van der Waals surface area contributed by atoms with E-state index in [9.17, 15) is 9.59 Å². The van der Waals surface area contributed by atoms with Crippen LogP contribution in [-0.4, -0.2) is 35.4 Å². The average Bonchev–Trinajstić information content (AvgIpc) is 2.95. The van der Waals surface area contributed by atoms with E-state index in [4.69, 9.17) is 4.74 Å². The summed E-state index contributed by atoms with van der Waals surface area (Å²) < 4.78 is 6.09. The van der Waals surface area contributed by atoms with Gasteiger partial charge in [-0.25, -0.2) is 0 Å². The molecule has 1 atom stereocenters. The predicted octanol–water partition coefficient (Wildman–Crippen LogP) is 6.28. The van der Waals surface area contributed by atoms with Crippen LogP contribution in [0.2, 0.25) is 0 Å². The van der Waals surface area contributed by atoms with Crippen LogP contribution in [0.25, 0.3) is 0 Å². The van der Waals surface area contributed by atoms with Crippen LogP contribution in [0.4, 0.5) is 0 Å². The van der Waals surface area contributed by atoms with Crippen molar-refractivity contribution in [1.29, 1.82) is 0 Å². The van der Waals surface area contributed by atoms with Crippen LogP contribution in [0.3, 0.4) is 0 Å². The maximum atomic E-state index is 13.9. The molecule has 0 unspecified atom stereocenters. The molecule has 1 saturated carbocycles. The van der Waals surface area contributed by atoms with Crippen LogP contribution >= 0.6 is 0 Å². The van der Waals surface area contributed by atoms with Gasteiger partial charge in [0.1, 0.15) is 11.8 Å². The molecule has 0 saturated heterocycles. The molecule has 1 fully saturated rings. The number of hydrogen-bond donors (Lipinski definition) is 1. The molecule has 4 rings (SSSR count). The number of benzene rings is 3. The van der Waals surface area contributed by atoms with E-state index >= 15 is 0 Å². The first-order valence-corrected chi connectivity index (χ1v) is 13.9. The van der Waals surface area contributed by atoms with Crippen molar-refractivity contribution in [2.45, 2.75) is 76.9 Å². The van der Waals surface area contributed by atoms with Gasteiger partial charge < -0.3 is 15.0 Å². The smallest absolute Gasteiger partial charge is 0.261 e. The monoisotopic (exact) mass is 512 g/mol. The summed E-state index contributed by atoms with van der Waals surface area (Å²) in [7, 11) is 0. The van der Waals surface area contributed by atoms with Crippen LogP contribution < -0.4 is 10.1 Å². The number of para-hydroxylation sites is 1. The molecule has 3 aromatic rings. The lowest BCUT2D eigenvalue weighted by Crippen LogP contribution is -2.53. The number of hydrogen-bond acceptors (Lipinski definition) is 3. The standard InChI is InChI=1S/C33H40N2O3/c1-25(2)29-20-12-13-21-31(29)38-24-32(36)35(23-27-16-8-4-9-17-27)30(22-26-14-6-3-7-15-26)33(37)34-28-18-10-5-11-19-28/h3-4,6-9,12-17,20-21,25,28,30H,5,10-11,18-19,22-24H2,1-2H3,(H,34,37)/t30-/m1/s1. The second-order valence-electron chi connectivity index (χ2n) is 10.5. The largest absolute Gasteiger partial charge is 0.483 e. The number of carbonyl (C=O) groups excluding carboxylic acids is 2. The van der Waals surface area contributed by atoms with Gasteiger partial charge in [-0.15, -0.1) is 0 Å². The zero-order chi connectivity index (χ0) is 26.7. The van der Waals surface area contributed by atoms with Gasteiger partial charge in [-0.05, 0) is 41.5 Å². The van der Waals surface area contributed by atoms with Crippen LogP contribution in [0, 0.1) is 0 Å². The van der Waals surface area contributed by atoms with Crippen molar-refractivity contribution >= 4 is 11.8 Å². The molecule has 0 heterocycles. The first-order chi connectivity index (χ1) is 18.5. The highest BCUT2D eigenvalue weighted by Crippen LogP contribution is 2.26. The van der Waals surface area contributed by atoms with Crippen molar-refractivity contribution in [3.63, 3.8) is 0 Å². The van der Waals surface area contributed by atoms with Crippen molar-refractivity contribution in [2.24, 2.45) is 0 Å². The van der Waals surface area contributed by atoms with Gasteiger partial charge in [-0.3, -0.25) is 9.59 Å². The minimum Gasteiger partial charge on any atom is -0.483 e. The van der Waals surface area contributed by atoms with Crippen molar-refractivity contribution < 1.29 is 14.3 Å². The Kier molecular flexibility index (Phi) is 9.97. The maximum absolute atomic E-state index is 13.9. The highest BCUT2D eigenvalue weighted by Gasteiger charge is 2.32. The summed E-state index contributed by atoms with van der Waals surface area (Å²) in [6.07, 6.45) is 5.90. The molecule has 5 heteroatoms. The highest BCUT2D eigenvalue weighted by molar-refractivity contribution is 5.88. The Morgan fingerprint density at radius 2 is 1.45 bits per heavy atom. The van der Waals surface area contributed by atoms with Crippen molar-refractivity contribution in [2.75, 3.05) is 6.61 Å². The Labute approximate surface area is 227 Å². The van der Waals surface area contributed by atoms with Gasteiger partial charge >= 0.3 is 0 Å². The molecule has 1 N–H and O–H groups in total. The maximum Gasteiger partial charge on any atom is 0.261 e. The van der Waals surface area contributed by atoms with Gasteiger partial charge in [0.25, 0.3) is 5.91 Å². The Hall–Kier alpha value is -3.60. The van der Waals surface area contributed by atoms with Gasteiger partial charge in [0, 0.05) is 19.0 Å². The van der Waals surface area contributed by atoms with Gasteiger partial charge in [-0.1, -0.05) is 112 Å². The zero-order valence-electron chi connectivity index (χ0n) is 22.6. The summed E-state index contributed by atoms with van der Waals surface area (Å²) in [5.74, 6) is 0.690. The number of ether oxygens (including phenoxy) is 1. The van der Waals surface area contributed by atoms with Crippen molar-refractivity contribution in [1.82, 2.24) is 10.2 Å². The molecule has 38 heavy (non-hydrogen) atoms. The minimum atomic E-state index is -0.643. The summed E-state index contributed by atoms with van der Waals surface area (Å²) in [5.41, 5.74) is 3.06. The first kappa shape index (κ1) is 27.4. The van der Waals surface area contributed by atoms with Gasteiger partial charge in [0.2, 0.25) is 5.91 Å². The fourth-order valence-corrected chi connectivity index (χ4v) is 5.19. The van der Waals surface area contributed by atoms with Gasteiger partial charge in [0.05, 0.1) is 0 Å². The first-order valence-electron chi connectivity index (χ1n) is 13.9. The number of nitrogens with one attached hydrogen (secondary N) is 1. The molecule has 0 aromatic heterocycles. The van der Waals surface area contributed by atoms with E-state index in [0.717, 1.165) is 42.4 Å². The van der Waals surface area contributed by atoms with Crippen LogP contribution in [0.5, 0.6) is 5.75 Å². The summed E-state index contributed by atoms with van der Waals surface area (Å²) >= 11 is 0. The Balaban J connectivity index is 1.60. The van der Waals surface area contributed by atoms with Crippen LogP contribution in [-0.2, 0) is 22.6 Å². The van der Waals surface area contributed by atoms with E-state index in [1.165, 1.54) is 6.42 Å². The van der Waals surface area contributed by atoms with E-state index in [2.05, 4.69) is 19.2 Å². The minimum absolute atomic E-state index is 0.0902. The quantitative estimate of drug-likeness (QED) is 0.329. The Morgan fingerprint density at radius 1 is 0.842 bits per heavy atom. The molecule has 1 aliphatic rings. The normalized spacial score (nSPS) is 14.6. The molecular weight excluding hydrogens is 472 g/mol. The van der Waals surface area contributed by atoms with E-state index < -0.39 is 6.04 Å². The van der Waals surface area contributed by atoms with Gasteiger partial charge in [-0.2, -0.15) is 0 Å². The van der Waals surface area contributed by atoms with Crippen LogP contribution in [0.15, 0.2) is 84.9 Å². The Morgan fingerprint density at radius 3 is 2.11 bits per heavy atom. The molecule has 3 aromatic carbocycles. The molecule has 0 radical (unpaired) electrons. The topological polar surface area (TPSA) is 58.6 Å². The van der Waals surface area contributed by atoms with E-state index in [-0.39, 0.29) is 30.4 Å². The average molecular weight is 513 g/mol. The lowest BCUT2D eigenvalue weighted by molar-refractivity contribution is -0.143. The fourth-order valence-electron chi connectivity index (χ4n) is 5.19. The lowest BCUT2D eigenvalue weighted by Gasteiger charge is -2.33. The number of carbonyl (C=O) groups is 2. The lowest BCUT2D eigenvalue weighted by atomic mass is 9.94. The molecule has 1 aliphatic carbocycles. The molecule has 0 aliphatic heterocycles. The molecule has 5 nitrogen and oxygen atoms in total. The summed E-state index contributed by atoms with van der Waals surface area (Å²) in [6.45, 7) is 4.43. The predicted molar refractivity (Wildman–Crippen MR) is 152 cm³/mol. The zero-order valence-corrected chi connectivity index (χ0v) is 22.6. The number of amides is 2. The summed E-state index contributed by atoms with van der Waals surface area (Å²) in [4.78, 5) is 29.4. The third-order valence-electron chi connectivity index (χ3n) is 7.31. The molecule has 2 amide bonds. The second kappa shape index (κ2) is 13.8. The SMILES string of the molecule is CC(C)c1ccccc1OCC(=O)N(Cc1ccccc1)[C@H](Cc1ccccc1)C(=O)NC1CCCCC1. The molecule has 0 bridgehead atoms. The van der Waals surface area contributed by atoms with Crippen molar-refractivity contribution in [3.05, 3.63) is 102 Å². The Bertz CT molecular complexity index is 1160. The van der Waals surface area contributed by atoms with Crippen molar-refractivity contribution in [3.8, 4) is 5.75 Å². The van der Waals surface area contributed by atoms with Crippen LogP contribution in [0.1, 0.15) is 68.6 Å². The van der Waals surface area contributed by atoms with E-state index in [1.807, 2.05) is 84.9 Å². The molecular formula is C33H40N2O3.